The van der Waals surface area contributed by atoms with Gasteiger partial charge in [0.15, 0.2) is 0 Å². The number of anilines is 1. The van der Waals surface area contributed by atoms with Gasteiger partial charge < -0.3 is 10.1 Å². The number of hydrogen-bond acceptors (Lipinski definition) is 5. The second-order valence-electron chi connectivity index (χ2n) is 3.92. The van der Waals surface area contributed by atoms with Gasteiger partial charge in [-0.2, -0.15) is 0 Å². The average Bonchev–Trinajstić information content (AvgIpc) is 2.94. The van der Waals surface area contributed by atoms with Gasteiger partial charge >= 0.3 is 5.97 Å². The fourth-order valence-corrected chi connectivity index (χ4v) is 3.07. The molecule has 1 aromatic carbocycles. The minimum Gasteiger partial charge on any atom is -0.465 e. The lowest BCUT2D eigenvalue weighted by atomic mass is 10.3. The molecule has 0 atom stereocenters. The largest absolute Gasteiger partial charge is 0.465 e. The van der Waals surface area contributed by atoms with Crippen LogP contribution in [0.3, 0.4) is 0 Å². The van der Waals surface area contributed by atoms with E-state index in [1.54, 1.807) is 30.3 Å². The number of amides is 1. The first-order valence-electron chi connectivity index (χ1n) is 5.95. The zero-order chi connectivity index (χ0) is 15.2. The van der Waals surface area contributed by atoms with Crippen LogP contribution in [0.25, 0.3) is 0 Å². The molecule has 0 saturated heterocycles. The number of halogens is 1. The molecule has 7 heteroatoms. The van der Waals surface area contributed by atoms with E-state index in [4.69, 9.17) is 0 Å². The smallest absolute Gasteiger partial charge is 0.348 e. The quantitative estimate of drug-likeness (QED) is 0.676. The van der Waals surface area contributed by atoms with E-state index in [0.29, 0.717) is 14.8 Å². The lowest BCUT2D eigenvalue weighted by molar-refractivity contribution is -0.113. The third-order valence-corrected chi connectivity index (χ3v) is 4.48. The van der Waals surface area contributed by atoms with Crippen molar-refractivity contribution in [2.75, 3.05) is 18.2 Å². The van der Waals surface area contributed by atoms with Crippen LogP contribution < -0.4 is 5.32 Å². The van der Waals surface area contributed by atoms with E-state index < -0.39 is 5.97 Å². The number of nitrogens with one attached hydrogen (secondary N) is 1. The normalized spacial score (nSPS) is 10.2. The summed E-state index contributed by atoms with van der Waals surface area (Å²) < 4.78 is 18.0. The van der Waals surface area contributed by atoms with Gasteiger partial charge in [-0.15, -0.1) is 23.1 Å². The number of hydrogen-bond donors (Lipinski definition) is 1. The lowest BCUT2D eigenvalue weighted by Crippen LogP contribution is -2.13. The standard InChI is InChI=1S/C14H12FNO3S2/c1-19-14(18)11-6-7-13(21-11)16-12(17)8-20-10-5-3-2-4-9(10)15/h2-7H,8H2,1H3,(H,16,17). The number of esters is 1. The van der Waals surface area contributed by atoms with Crippen molar-refractivity contribution in [2.24, 2.45) is 0 Å². The summed E-state index contributed by atoms with van der Waals surface area (Å²) in [4.78, 5) is 23.9. The fraction of sp³-hybridized carbons (Fsp3) is 0.143. The van der Waals surface area contributed by atoms with Gasteiger partial charge in [-0.1, -0.05) is 12.1 Å². The van der Waals surface area contributed by atoms with Gasteiger partial charge in [0.05, 0.1) is 17.9 Å². The van der Waals surface area contributed by atoms with Gasteiger partial charge in [-0.05, 0) is 24.3 Å². The Kier molecular flexibility index (Phi) is 5.35. The monoisotopic (exact) mass is 325 g/mol. The number of methoxy groups -OCH3 is 1. The Balaban J connectivity index is 1.89. The molecule has 0 saturated carbocycles. The molecule has 0 aliphatic heterocycles. The minimum atomic E-state index is -0.443. The van der Waals surface area contributed by atoms with E-state index in [9.17, 15) is 14.0 Å². The topological polar surface area (TPSA) is 55.4 Å². The fourth-order valence-electron chi connectivity index (χ4n) is 1.49. The Morgan fingerprint density at radius 3 is 2.76 bits per heavy atom. The van der Waals surface area contributed by atoms with Gasteiger partial charge in [0.25, 0.3) is 0 Å². The van der Waals surface area contributed by atoms with Crippen LogP contribution >= 0.6 is 23.1 Å². The number of benzene rings is 1. The van der Waals surface area contributed by atoms with E-state index in [2.05, 4.69) is 10.1 Å². The predicted octanol–water partition coefficient (Wildman–Crippen LogP) is 3.40. The molecule has 1 N–H and O–H groups in total. The second kappa shape index (κ2) is 7.24. The van der Waals surface area contributed by atoms with Gasteiger partial charge in [-0.3, -0.25) is 4.79 Å². The maximum Gasteiger partial charge on any atom is 0.348 e. The summed E-state index contributed by atoms with van der Waals surface area (Å²) in [5.41, 5.74) is 0. The highest BCUT2D eigenvalue weighted by Crippen LogP contribution is 2.24. The number of thioether (sulfide) groups is 1. The van der Waals surface area contributed by atoms with Gasteiger partial charge in [0, 0.05) is 4.90 Å². The summed E-state index contributed by atoms with van der Waals surface area (Å²) in [7, 11) is 1.30. The summed E-state index contributed by atoms with van der Waals surface area (Å²) in [6.45, 7) is 0. The summed E-state index contributed by atoms with van der Waals surface area (Å²) in [6.07, 6.45) is 0. The molecular weight excluding hydrogens is 313 g/mol. The Hall–Kier alpha value is -1.86. The van der Waals surface area contributed by atoms with Crippen molar-refractivity contribution in [1.82, 2.24) is 0 Å². The Morgan fingerprint density at radius 2 is 2.05 bits per heavy atom. The van der Waals surface area contributed by atoms with Crippen LogP contribution in [0.5, 0.6) is 0 Å². The van der Waals surface area contributed by atoms with Crippen molar-refractivity contribution in [3.05, 3.63) is 47.1 Å². The van der Waals surface area contributed by atoms with Gasteiger partial charge in [-0.25, -0.2) is 9.18 Å². The number of carbonyl (C=O) groups is 2. The first-order chi connectivity index (χ1) is 10.1. The molecule has 0 radical (unpaired) electrons. The highest BCUT2D eigenvalue weighted by molar-refractivity contribution is 8.00. The number of carbonyl (C=O) groups excluding carboxylic acids is 2. The molecule has 21 heavy (non-hydrogen) atoms. The number of ether oxygens (including phenoxy) is 1. The lowest BCUT2D eigenvalue weighted by Gasteiger charge is -2.03. The molecule has 0 aliphatic rings. The van der Waals surface area contributed by atoms with Crippen LogP contribution in [0, 0.1) is 5.82 Å². The number of thiophene rings is 1. The molecule has 0 bridgehead atoms. The van der Waals surface area contributed by atoms with Crippen molar-refractivity contribution >= 4 is 40.0 Å². The van der Waals surface area contributed by atoms with Crippen LogP contribution in [0.4, 0.5) is 9.39 Å². The Morgan fingerprint density at radius 1 is 1.29 bits per heavy atom. The summed E-state index contributed by atoms with van der Waals surface area (Å²) in [5.74, 6) is -0.964. The maximum absolute atomic E-state index is 13.4. The summed E-state index contributed by atoms with van der Waals surface area (Å²) >= 11 is 2.25. The van der Waals surface area contributed by atoms with Crippen molar-refractivity contribution in [1.29, 1.82) is 0 Å². The predicted molar refractivity (Wildman–Crippen MR) is 81.4 cm³/mol. The van der Waals surface area contributed by atoms with Crippen molar-refractivity contribution in [3.8, 4) is 0 Å². The second-order valence-corrected chi connectivity index (χ2v) is 6.02. The third kappa shape index (κ3) is 4.30. The van der Waals surface area contributed by atoms with Crippen LogP contribution in [0.2, 0.25) is 0 Å². The van der Waals surface area contributed by atoms with E-state index in [1.165, 1.54) is 13.2 Å². The zero-order valence-electron chi connectivity index (χ0n) is 11.1. The molecule has 2 rings (SSSR count). The SMILES string of the molecule is COC(=O)c1ccc(NC(=O)CSc2ccccc2F)s1. The third-order valence-electron chi connectivity index (χ3n) is 2.45. The van der Waals surface area contributed by atoms with E-state index >= 15 is 0 Å². The van der Waals surface area contributed by atoms with E-state index in [-0.39, 0.29) is 17.5 Å². The highest BCUT2D eigenvalue weighted by atomic mass is 32.2. The molecule has 0 fully saturated rings. The van der Waals surface area contributed by atoms with Crippen LogP contribution in [0.15, 0.2) is 41.3 Å². The van der Waals surface area contributed by atoms with Crippen LogP contribution in [0.1, 0.15) is 9.67 Å². The first kappa shape index (κ1) is 15.5. The first-order valence-corrected chi connectivity index (χ1v) is 7.75. The molecule has 2 aromatic rings. The van der Waals surface area contributed by atoms with Gasteiger partial charge in [0.1, 0.15) is 10.7 Å². The van der Waals surface area contributed by atoms with E-state index in [0.717, 1.165) is 23.1 Å². The molecule has 1 aromatic heterocycles. The van der Waals surface area contributed by atoms with Crippen LogP contribution in [-0.2, 0) is 9.53 Å². The molecule has 0 aliphatic carbocycles. The van der Waals surface area contributed by atoms with Crippen LogP contribution in [-0.4, -0.2) is 24.7 Å². The van der Waals surface area contributed by atoms with Crippen molar-refractivity contribution in [2.45, 2.75) is 4.90 Å². The summed E-state index contributed by atoms with van der Waals surface area (Å²) in [6, 6.07) is 9.49. The molecule has 1 amide bonds. The van der Waals surface area contributed by atoms with Crippen molar-refractivity contribution < 1.29 is 18.7 Å². The molecular formula is C14H12FNO3S2. The maximum atomic E-state index is 13.4. The molecule has 0 unspecified atom stereocenters. The zero-order valence-corrected chi connectivity index (χ0v) is 12.7. The Labute approximate surface area is 129 Å². The molecule has 1 heterocycles. The highest BCUT2D eigenvalue weighted by Gasteiger charge is 2.11. The number of rotatable bonds is 5. The van der Waals surface area contributed by atoms with E-state index in [1.807, 2.05) is 0 Å². The molecule has 110 valence electrons. The molecule has 0 spiro atoms. The van der Waals surface area contributed by atoms with Crippen molar-refractivity contribution in [3.63, 3.8) is 0 Å². The Bertz CT molecular complexity index is 657. The van der Waals surface area contributed by atoms with Gasteiger partial charge in [0.2, 0.25) is 5.91 Å². The summed E-state index contributed by atoms with van der Waals surface area (Å²) in [5, 5.41) is 3.21. The molecule has 4 nitrogen and oxygen atoms in total. The average molecular weight is 325 g/mol. The minimum absolute atomic E-state index is 0.0897.